The molecule has 1 atom stereocenters. The van der Waals surface area contributed by atoms with E-state index in [0.717, 1.165) is 26.2 Å². The third-order valence-corrected chi connectivity index (χ3v) is 3.21. The zero-order valence-electron chi connectivity index (χ0n) is 10.4. The van der Waals surface area contributed by atoms with Gasteiger partial charge in [-0.15, -0.1) is 0 Å². The Labute approximate surface area is 97.2 Å². The molecule has 0 radical (unpaired) electrons. The van der Waals surface area contributed by atoms with Crippen LogP contribution in [0.25, 0.3) is 0 Å². The number of amides is 1. The Kier molecular flexibility index (Phi) is 4.29. The van der Waals surface area contributed by atoms with Crippen LogP contribution >= 0.6 is 0 Å². The van der Waals surface area contributed by atoms with Gasteiger partial charge in [0.15, 0.2) is 0 Å². The van der Waals surface area contributed by atoms with E-state index < -0.39 is 11.9 Å². The average molecular weight is 229 g/mol. The Balaban J connectivity index is 2.51. The Morgan fingerprint density at radius 2 is 1.81 bits per heavy atom. The highest BCUT2D eigenvalue weighted by Crippen LogP contribution is 2.16. The molecular formula is C11H23N3O2. The molecule has 1 aliphatic rings. The number of nitrogens with two attached hydrogens (primary N) is 1. The maximum atomic E-state index is 11.1. The van der Waals surface area contributed by atoms with Crippen LogP contribution in [0, 0.1) is 0 Å². The lowest BCUT2D eigenvalue weighted by molar-refractivity contribution is -0.125. The monoisotopic (exact) mass is 229 g/mol. The van der Waals surface area contributed by atoms with E-state index in [1.807, 2.05) is 4.90 Å². The molecule has 94 valence electrons. The lowest BCUT2D eigenvalue weighted by atomic mass is 10.0. The zero-order valence-corrected chi connectivity index (χ0v) is 10.4. The van der Waals surface area contributed by atoms with Crippen molar-refractivity contribution in [2.24, 2.45) is 5.73 Å². The molecule has 0 bridgehead atoms. The van der Waals surface area contributed by atoms with E-state index >= 15 is 0 Å². The van der Waals surface area contributed by atoms with Gasteiger partial charge in [0.2, 0.25) is 5.91 Å². The topological polar surface area (TPSA) is 69.8 Å². The molecule has 0 aromatic heterocycles. The van der Waals surface area contributed by atoms with Crippen molar-refractivity contribution in [1.29, 1.82) is 0 Å². The maximum Gasteiger partial charge on any atom is 0.237 e. The van der Waals surface area contributed by atoms with E-state index in [-0.39, 0.29) is 12.1 Å². The fourth-order valence-electron chi connectivity index (χ4n) is 2.09. The average Bonchev–Trinajstić information content (AvgIpc) is 2.17. The van der Waals surface area contributed by atoms with Crippen LogP contribution < -0.4 is 5.73 Å². The Morgan fingerprint density at radius 3 is 2.12 bits per heavy atom. The van der Waals surface area contributed by atoms with Gasteiger partial charge in [-0.3, -0.25) is 14.6 Å². The van der Waals surface area contributed by atoms with Crippen molar-refractivity contribution < 1.29 is 9.90 Å². The molecule has 1 saturated heterocycles. The van der Waals surface area contributed by atoms with Gasteiger partial charge in [-0.2, -0.15) is 0 Å². The number of aliphatic hydroxyl groups is 1. The van der Waals surface area contributed by atoms with Crippen molar-refractivity contribution in [2.45, 2.75) is 32.4 Å². The normalized spacial score (nSPS) is 22.0. The van der Waals surface area contributed by atoms with Crippen LogP contribution in [0.2, 0.25) is 0 Å². The Hall–Kier alpha value is -0.650. The first-order chi connectivity index (χ1) is 7.36. The second-order valence-electron chi connectivity index (χ2n) is 5.29. The summed E-state index contributed by atoms with van der Waals surface area (Å²) in [5, 5.41) is 9.12. The van der Waals surface area contributed by atoms with E-state index in [9.17, 15) is 4.79 Å². The molecule has 1 rings (SSSR count). The van der Waals surface area contributed by atoms with Crippen molar-refractivity contribution in [3.05, 3.63) is 0 Å². The molecule has 1 fully saturated rings. The van der Waals surface area contributed by atoms with Gasteiger partial charge < -0.3 is 10.8 Å². The summed E-state index contributed by atoms with van der Waals surface area (Å²) in [5.41, 5.74) is 5.40. The third kappa shape index (κ3) is 3.17. The summed E-state index contributed by atoms with van der Waals surface area (Å²) in [6.07, 6.45) is 0. The first kappa shape index (κ1) is 13.4. The molecule has 0 unspecified atom stereocenters. The van der Waals surface area contributed by atoms with E-state index in [1.165, 1.54) is 0 Å². The Morgan fingerprint density at radius 1 is 1.31 bits per heavy atom. The van der Waals surface area contributed by atoms with E-state index in [0.29, 0.717) is 0 Å². The van der Waals surface area contributed by atoms with Gasteiger partial charge in [0.1, 0.15) is 6.04 Å². The fraction of sp³-hybridized carbons (Fsp3) is 0.909. The third-order valence-electron chi connectivity index (χ3n) is 3.21. The van der Waals surface area contributed by atoms with Crippen LogP contribution in [-0.4, -0.2) is 65.2 Å². The van der Waals surface area contributed by atoms with Crippen LogP contribution in [0.1, 0.15) is 20.8 Å². The first-order valence-corrected chi connectivity index (χ1v) is 5.75. The number of primary amides is 1. The first-order valence-electron chi connectivity index (χ1n) is 5.75. The highest BCUT2D eigenvalue weighted by Gasteiger charge is 2.30. The largest absolute Gasteiger partial charge is 0.394 e. The van der Waals surface area contributed by atoms with Gasteiger partial charge >= 0.3 is 0 Å². The molecule has 1 aliphatic heterocycles. The smallest absolute Gasteiger partial charge is 0.237 e. The summed E-state index contributed by atoms with van der Waals surface area (Å²) in [7, 11) is 0. The summed E-state index contributed by atoms with van der Waals surface area (Å²) >= 11 is 0. The molecular weight excluding hydrogens is 206 g/mol. The van der Waals surface area contributed by atoms with Crippen molar-refractivity contribution in [2.75, 3.05) is 32.8 Å². The van der Waals surface area contributed by atoms with Crippen LogP contribution in [0.3, 0.4) is 0 Å². The van der Waals surface area contributed by atoms with Crippen molar-refractivity contribution >= 4 is 5.91 Å². The van der Waals surface area contributed by atoms with Gasteiger partial charge in [-0.25, -0.2) is 0 Å². The minimum absolute atomic E-state index is 0.160. The predicted octanol–water partition coefficient (Wildman–Crippen LogP) is -0.751. The second kappa shape index (κ2) is 5.12. The summed E-state index contributed by atoms with van der Waals surface area (Å²) in [5.74, 6) is -0.438. The van der Waals surface area contributed by atoms with Crippen LogP contribution in [-0.2, 0) is 4.79 Å². The SMILES string of the molecule is CC(C)(C)N1CCN([C@H](CO)C(N)=O)CC1. The molecule has 1 amide bonds. The predicted molar refractivity (Wildman–Crippen MR) is 63.0 cm³/mol. The fourth-order valence-corrected chi connectivity index (χ4v) is 2.09. The number of hydrogen-bond donors (Lipinski definition) is 2. The van der Waals surface area contributed by atoms with E-state index in [4.69, 9.17) is 10.8 Å². The lowest BCUT2D eigenvalue weighted by Gasteiger charge is -2.43. The summed E-state index contributed by atoms with van der Waals surface area (Å²) < 4.78 is 0. The number of rotatable bonds is 3. The highest BCUT2D eigenvalue weighted by atomic mass is 16.3. The molecule has 5 nitrogen and oxygen atoms in total. The maximum absolute atomic E-state index is 11.1. The van der Waals surface area contributed by atoms with Gasteiger partial charge in [0.05, 0.1) is 6.61 Å². The number of hydrogen-bond acceptors (Lipinski definition) is 4. The number of piperazine rings is 1. The van der Waals surface area contributed by atoms with Crippen molar-refractivity contribution in [3.63, 3.8) is 0 Å². The molecule has 0 aromatic carbocycles. The van der Waals surface area contributed by atoms with Crippen molar-refractivity contribution in [1.82, 2.24) is 9.80 Å². The summed E-state index contributed by atoms with van der Waals surface area (Å²) in [4.78, 5) is 15.5. The van der Waals surface area contributed by atoms with Gasteiger partial charge in [-0.05, 0) is 20.8 Å². The van der Waals surface area contributed by atoms with Crippen LogP contribution in [0.5, 0.6) is 0 Å². The van der Waals surface area contributed by atoms with Crippen LogP contribution in [0.15, 0.2) is 0 Å². The highest BCUT2D eigenvalue weighted by molar-refractivity contribution is 5.80. The molecule has 16 heavy (non-hydrogen) atoms. The molecule has 0 aliphatic carbocycles. The molecule has 0 spiro atoms. The van der Waals surface area contributed by atoms with E-state index in [1.54, 1.807) is 0 Å². The number of nitrogens with zero attached hydrogens (tertiary/aromatic N) is 2. The molecule has 0 aromatic rings. The number of carbonyl (C=O) groups is 1. The second-order valence-corrected chi connectivity index (χ2v) is 5.29. The Bertz CT molecular complexity index is 242. The van der Waals surface area contributed by atoms with Gasteiger partial charge in [-0.1, -0.05) is 0 Å². The van der Waals surface area contributed by atoms with Gasteiger partial charge in [0.25, 0.3) is 0 Å². The van der Waals surface area contributed by atoms with E-state index in [2.05, 4.69) is 25.7 Å². The van der Waals surface area contributed by atoms with Gasteiger partial charge in [0, 0.05) is 31.7 Å². The summed E-state index contributed by atoms with van der Waals surface area (Å²) in [6, 6.07) is -0.526. The molecule has 3 N–H and O–H groups in total. The van der Waals surface area contributed by atoms with Crippen molar-refractivity contribution in [3.8, 4) is 0 Å². The standard InChI is InChI=1S/C11H23N3O2/c1-11(2,3)14-6-4-13(5-7-14)9(8-15)10(12)16/h9,15H,4-8H2,1-3H3,(H2,12,16)/t9-/m1/s1. The number of carbonyl (C=O) groups excluding carboxylic acids is 1. The zero-order chi connectivity index (χ0) is 12.3. The number of aliphatic hydroxyl groups excluding tert-OH is 1. The quantitative estimate of drug-likeness (QED) is 0.668. The minimum atomic E-state index is -0.526. The molecule has 0 saturated carbocycles. The van der Waals surface area contributed by atoms with Crippen LogP contribution in [0.4, 0.5) is 0 Å². The lowest BCUT2D eigenvalue weighted by Crippen LogP contribution is -2.58. The molecule has 5 heteroatoms. The minimum Gasteiger partial charge on any atom is -0.394 e. The molecule has 1 heterocycles. The summed E-state index contributed by atoms with van der Waals surface area (Å²) in [6.45, 7) is 9.74.